The lowest BCUT2D eigenvalue weighted by Crippen LogP contribution is -2.09. The second-order valence-electron chi connectivity index (χ2n) is 7.57. The molecule has 0 aliphatic heterocycles. The fourth-order valence-corrected chi connectivity index (χ4v) is 3.76. The molecule has 0 bridgehead atoms. The molecule has 0 saturated carbocycles. The summed E-state index contributed by atoms with van der Waals surface area (Å²) >= 11 is 6.36. The highest BCUT2D eigenvalue weighted by Crippen LogP contribution is 2.27. The number of hydrogen-bond donors (Lipinski definition) is 3. The Kier molecular flexibility index (Phi) is 7.20. The SMILES string of the molecule is C=C/C(Cl)=C(\C=C/C)c1cc2ccc(C/N=C(\C=C/N=C)Nc3ccc4[nH]ncc4c3)cc2[nH]1. The number of amidine groups is 1. The van der Waals surface area contributed by atoms with Gasteiger partial charge in [-0.15, -0.1) is 0 Å². The second kappa shape index (κ2) is 10.6. The lowest BCUT2D eigenvalue weighted by molar-refractivity contribution is 1.07. The highest BCUT2D eigenvalue weighted by atomic mass is 35.5. The zero-order valence-electron chi connectivity index (χ0n) is 18.8. The third-order valence-electron chi connectivity index (χ3n) is 5.23. The third kappa shape index (κ3) is 5.24. The van der Waals surface area contributed by atoms with Crippen LogP contribution in [0.25, 0.3) is 27.4 Å². The molecule has 0 radical (unpaired) electrons. The highest BCUT2D eigenvalue weighted by molar-refractivity contribution is 6.34. The molecular weight excluding hydrogens is 444 g/mol. The fraction of sp³-hybridized carbons (Fsp3) is 0.0741. The molecular formula is C27H25ClN6. The van der Waals surface area contributed by atoms with Crippen molar-refractivity contribution in [1.29, 1.82) is 0 Å². The summed E-state index contributed by atoms with van der Waals surface area (Å²) in [5, 5.41) is 13.1. The predicted molar refractivity (Wildman–Crippen MR) is 146 cm³/mol. The Balaban J connectivity index is 1.59. The summed E-state index contributed by atoms with van der Waals surface area (Å²) in [4.78, 5) is 12.0. The number of anilines is 1. The van der Waals surface area contributed by atoms with Crippen LogP contribution in [0.3, 0.4) is 0 Å². The average Bonchev–Trinajstić information content (AvgIpc) is 3.49. The van der Waals surface area contributed by atoms with E-state index in [1.807, 2.05) is 37.3 Å². The van der Waals surface area contributed by atoms with Gasteiger partial charge in [0.2, 0.25) is 0 Å². The number of aromatic amines is 2. The molecule has 34 heavy (non-hydrogen) atoms. The van der Waals surface area contributed by atoms with Crippen LogP contribution in [0.2, 0.25) is 0 Å². The number of rotatable bonds is 8. The predicted octanol–water partition coefficient (Wildman–Crippen LogP) is 6.98. The Morgan fingerprint density at radius 1 is 1.12 bits per heavy atom. The van der Waals surface area contributed by atoms with Gasteiger partial charge in [-0.2, -0.15) is 5.10 Å². The highest BCUT2D eigenvalue weighted by Gasteiger charge is 2.08. The zero-order valence-corrected chi connectivity index (χ0v) is 19.6. The van der Waals surface area contributed by atoms with Crippen molar-refractivity contribution >= 4 is 57.2 Å². The first-order chi connectivity index (χ1) is 16.6. The Hall–Kier alpha value is -4.16. The molecule has 170 valence electrons. The van der Waals surface area contributed by atoms with Gasteiger partial charge in [0, 0.05) is 44.5 Å². The number of fused-ring (bicyclic) bond motifs is 2. The van der Waals surface area contributed by atoms with E-state index in [1.54, 1.807) is 24.5 Å². The quantitative estimate of drug-likeness (QED) is 0.148. The molecule has 4 rings (SSSR count). The molecule has 0 aliphatic rings. The van der Waals surface area contributed by atoms with Crippen LogP contribution >= 0.6 is 11.6 Å². The Morgan fingerprint density at radius 3 is 2.79 bits per heavy atom. The van der Waals surface area contributed by atoms with E-state index >= 15 is 0 Å². The van der Waals surface area contributed by atoms with Gasteiger partial charge < -0.3 is 10.3 Å². The van der Waals surface area contributed by atoms with Gasteiger partial charge in [0.25, 0.3) is 0 Å². The second-order valence-corrected chi connectivity index (χ2v) is 7.97. The van der Waals surface area contributed by atoms with Crippen LogP contribution in [0, 0.1) is 0 Å². The summed E-state index contributed by atoms with van der Waals surface area (Å²) in [5.41, 5.74) is 5.81. The molecule has 0 saturated heterocycles. The summed E-state index contributed by atoms with van der Waals surface area (Å²) in [6.07, 6.45) is 10.8. The van der Waals surface area contributed by atoms with E-state index in [4.69, 9.17) is 16.6 Å². The molecule has 0 unspecified atom stereocenters. The molecule has 0 spiro atoms. The van der Waals surface area contributed by atoms with Crippen LogP contribution in [0.5, 0.6) is 0 Å². The maximum absolute atomic E-state index is 6.36. The maximum atomic E-state index is 6.36. The topological polar surface area (TPSA) is 81.2 Å². The number of nitrogens with zero attached hydrogens (tertiary/aromatic N) is 3. The minimum Gasteiger partial charge on any atom is -0.354 e. The number of nitrogens with one attached hydrogen (secondary N) is 3. The van der Waals surface area contributed by atoms with Crippen LogP contribution in [0.15, 0.2) is 101 Å². The van der Waals surface area contributed by atoms with Gasteiger partial charge in [0.15, 0.2) is 0 Å². The summed E-state index contributed by atoms with van der Waals surface area (Å²) in [6.45, 7) is 9.75. The third-order valence-corrected chi connectivity index (χ3v) is 5.59. The van der Waals surface area contributed by atoms with Crippen molar-refractivity contribution in [1.82, 2.24) is 15.2 Å². The van der Waals surface area contributed by atoms with Crippen LogP contribution < -0.4 is 5.32 Å². The van der Waals surface area contributed by atoms with Crippen molar-refractivity contribution < 1.29 is 0 Å². The van der Waals surface area contributed by atoms with Crippen LogP contribution in [-0.2, 0) is 6.54 Å². The lowest BCUT2D eigenvalue weighted by Gasteiger charge is -2.07. The van der Waals surface area contributed by atoms with Crippen LogP contribution in [0.1, 0.15) is 18.2 Å². The van der Waals surface area contributed by atoms with Crippen molar-refractivity contribution in [3.8, 4) is 0 Å². The van der Waals surface area contributed by atoms with E-state index in [0.717, 1.165) is 44.3 Å². The first-order valence-electron chi connectivity index (χ1n) is 10.7. The summed E-state index contributed by atoms with van der Waals surface area (Å²) in [5.74, 6) is 0.679. The molecule has 6 nitrogen and oxygen atoms in total. The minimum atomic E-state index is 0.493. The van der Waals surface area contributed by atoms with Crippen molar-refractivity contribution in [3.63, 3.8) is 0 Å². The molecule has 0 amide bonds. The first kappa shape index (κ1) is 23.0. The van der Waals surface area contributed by atoms with Gasteiger partial charge in [0.1, 0.15) is 5.84 Å². The number of aliphatic imine (C=N–C) groups is 2. The monoisotopic (exact) mass is 468 g/mol. The summed E-state index contributed by atoms with van der Waals surface area (Å²) < 4.78 is 0. The van der Waals surface area contributed by atoms with Gasteiger partial charge in [-0.25, -0.2) is 0 Å². The number of halogens is 1. The number of allylic oxidation sites excluding steroid dienone is 5. The van der Waals surface area contributed by atoms with E-state index < -0.39 is 0 Å². The Morgan fingerprint density at radius 2 is 2.00 bits per heavy atom. The van der Waals surface area contributed by atoms with Crippen molar-refractivity contribution in [2.45, 2.75) is 13.5 Å². The maximum Gasteiger partial charge on any atom is 0.127 e. The van der Waals surface area contributed by atoms with Crippen LogP contribution in [-0.4, -0.2) is 27.7 Å². The van der Waals surface area contributed by atoms with Gasteiger partial charge in [-0.1, -0.05) is 48.5 Å². The van der Waals surface area contributed by atoms with E-state index in [1.165, 1.54) is 0 Å². The smallest absolute Gasteiger partial charge is 0.127 e. The Bertz CT molecular complexity index is 1460. The van der Waals surface area contributed by atoms with Crippen molar-refractivity contribution in [3.05, 3.63) is 102 Å². The van der Waals surface area contributed by atoms with Gasteiger partial charge in [-0.05, 0) is 55.6 Å². The van der Waals surface area contributed by atoms with E-state index in [0.29, 0.717) is 17.4 Å². The molecule has 2 heterocycles. The van der Waals surface area contributed by atoms with Crippen molar-refractivity contribution in [2.24, 2.45) is 9.98 Å². The standard InChI is InChI=1S/C27H25ClN6/c1-4-6-22(23(28)5-2)26-15-19-8-7-18(13-25(19)33-26)16-30-27(11-12-29-3)32-21-9-10-24-20(14-21)17-31-34-24/h4-15,17,33H,2-3,16H2,1H3,(H,30,32)(H,31,34)/b6-4-,12-11-,23-22-. The Labute approximate surface area is 203 Å². The fourth-order valence-electron chi connectivity index (χ4n) is 3.59. The van der Waals surface area contributed by atoms with E-state index in [2.05, 4.69) is 63.1 Å². The largest absolute Gasteiger partial charge is 0.354 e. The molecule has 3 N–H and O–H groups in total. The normalized spacial score (nSPS) is 13.2. The summed E-state index contributed by atoms with van der Waals surface area (Å²) in [7, 11) is 0. The minimum absolute atomic E-state index is 0.493. The van der Waals surface area contributed by atoms with Crippen LogP contribution in [0.4, 0.5) is 5.69 Å². The van der Waals surface area contributed by atoms with Gasteiger partial charge in [0.05, 0.1) is 18.3 Å². The van der Waals surface area contributed by atoms with E-state index in [9.17, 15) is 0 Å². The lowest BCUT2D eigenvalue weighted by atomic mass is 10.1. The molecule has 0 atom stereocenters. The molecule has 2 aromatic heterocycles. The summed E-state index contributed by atoms with van der Waals surface area (Å²) in [6, 6.07) is 14.3. The number of aromatic nitrogens is 3. The van der Waals surface area contributed by atoms with E-state index in [-0.39, 0.29) is 0 Å². The average molecular weight is 469 g/mol. The molecule has 0 fully saturated rings. The first-order valence-corrected chi connectivity index (χ1v) is 11.1. The van der Waals surface area contributed by atoms with Gasteiger partial charge in [-0.3, -0.25) is 15.1 Å². The molecule has 2 aromatic carbocycles. The molecule has 7 heteroatoms. The zero-order chi connectivity index (χ0) is 23.9. The molecule has 0 aliphatic carbocycles. The van der Waals surface area contributed by atoms with Crippen molar-refractivity contribution in [2.75, 3.05) is 5.32 Å². The molecule has 4 aromatic rings. The number of H-pyrrole nitrogens is 2. The number of benzene rings is 2. The number of hydrogen-bond acceptors (Lipinski definition) is 3. The van der Waals surface area contributed by atoms with Gasteiger partial charge >= 0.3 is 0 Å².